The lowest BCUT2D eigenvalue weighted by Crippen LogP contribution is -2.35. The summed E-state index contributed by atoms with van der Waals surface area (Å²) in [5.74, 6) is 1.00. The first-order valence-corrected chi connectivity index (χ1v) is 7.57. The Morgan fingerprint density at radius 3 is 2.95 bits per heavy atom. The van der Waals surface area contributed by atoms with Crippen LogP contribution in [0, 0.1) is 5.92 Å². The van der Waals surface area contributed by atoms with Crippen molar-refractivity contribution < 1.29 is 9.53 Å². The third-order valence-electron chi connectivity index (χ3n) is 4.45. The van der Waals surface area contributed by atoms with E-state index in [1.54, 1.807) is 7.11 Å². The molecule has 1 aliphatic carbocycles. The van der Waals surface area contributed by atoms with E-state index in [-0.39, 0.29) is 23.9 Å². The molecule has 1 heterocycles. The maximum absolute atomic E-state index is 12.7. The van der Waals surface area contributed by atoms with Crippen LogP contribution in [0.5, 0.6) is 5.75 Å². The third-order valence-corrected chi connectivity index (χ3v) is 4.45. The number of nitrogens with zero attached hydrogens (tertiary/aromatic N) is 1. The number of carbonyl (C=O) groups excluding carboxylic acids is 1. The van der Waals surface area contributed by atoms with Crippen LogP contribution in [-0.2, 0) is 4.79 Å². The molecule has 0 saturated carbocycles. The van der Waals surface area contributed by atoms with Crippen LogP contribution < -0.4 is 10.5 Å². The molecule has 0 aromatic heterocycles. The van der Waals surface area contributed by atoms with E-state index in [0.717, 1.165) is 37.1 Å². The van der Waals surface area contributed by atoms with Crippen molar-refractivity contribution in [3.05, 3.63) is 42.0 Å². The van der Waals surface area contributed by atoms with Gasteiger partial charge in [0.25, 0.3) is 0 Å². The van der Waals surface area contributed by atoms with Crippen molar-refractivity contribution in [3.63, 3.8) is 0 Å². The zero-order chi connectivity index (χ0) is 14.8. The van der Waals surface area contributed by atoms with Gasteiger partial charge in [-0.05, 0) is 37.0 Å². The molecule has 1 aromatic rings. The number of amides is 1. The van der Waals surface area contributed by atoms with E-state index < -0.39 is 0 Å². The molecule has 21 heavy (non-hydrogen) atoms. The SMILES string of the molecule is COc1cccc(C2CCCN2C(=O)C2C=CC(N)C2)c1. The van der Waals surface area contributed by atoms with Crippen molar-refractivity contribution in [3.8, 4) is 5.75 Å². The van der Waals surface area contributed by atoms with Crippen LogP contribution in [0.15, 0.2) is 36.4 Å². The maximum Gasteiger partial charge on any atom is 0.230 e. The number of methoxy groups -OCH3 is 1. The second-order valence-corrected chi connectivity index (χ2v) is 5.86. The third kappa shape index (κ3) is 2.81. The number of rotatable bonds is 3. The van der Waals surface area contributed by atoms with Gasteiger partial charge in [0.1, 0.15) is 5.75 Å². The fraction of sp³-hybridized carbons (Fsp3) is 0.471. The molecule has 0 bridgehead atoms. The van der Waals surface area contributed by atoms with E-state index >= 15 is 0 Å². The van der Waals surface area contributed by atoms with Gasteiger partial charge in [-0.3, -0.25) is 4.79 Å². The fourth-order valence-electron chi connectivity index (χ4n) is 3.35. The highest BCUT2D eigenvalue weighted by molar-refractivity contribution is 5.82. The summed E-state index contributed by atoms with van der Waals surface area (Å²) in [6, 6.07) is 8.22. The molecule has 2 N–H and O–H groups in total. The quantitative estimate of drug-likeness (QED) is 0.867. The summed E-state index contributed by atoms with van der Waals surface area (Å²) in [6.45, 7) is 0.834. The first kappa shape index (κ1) is 14.1. The van der Waals surface area contributed by atoms with Crippen LogP contribution in [0.4, 0.5) is 0 Å². The zero-order valence-electron chi connectivity index (χ0n) is 12.4. The Morgan fingerprint density at radius 2 is 2.24 bits per heavy atom. The standard InChI is InChI=1S/C17H22N2O2/c1-21-15-5-2-4-12(11-15)16-6-3-9-19(16)17(20)13-7-8-14(18)10-13/h2,4-5,7-8,11,13-14,16H,3,6,9-10,18H2,1H3. The molecule has 3 rings (SSSR count). The minimum Gasteiger partial charge on any atom is -0.497 e. The maximum atomic E-state index is 12.7. The molecule has 1 fully saturated rings. The number of likely N-dealkylation sites (tertiary alicyclic amines) is 1. The van der Waals surface area contributed by atoms with Gasteiger partial charge < -0.3 is 15.4 Å². The van der Waals surface area contributed by atoms with E-state index in [4.69, 9.17) is 10.5 Å². The molecule has 3 atom stereocenters. The predicted molar refractivity (Wildman–Crippen MR) is 81.9 cm³/mol. The first-order chi connectivity index (χ1) is 10.2. The van der Waals surface area contributed by atoms with E-state index in [1.807, 2.05) is 35.3 Å². The molecule has 4 nitrogen and oxygen atoms in total. The van der Waals surface area contributed by atoms with Gasteiger partial charge in [0.05, 0.1) is 19.1 Å². The molecule has 4 heteroatoms. The molecule has 2 aliphatic rings. The number of carbonyl (C=O) groups is 1. The van der Waals surface area contributed by atoms with Gasteiger partial charge in [-0.15, -0.1) is 0 Å². The fourth-order valence-corrected chi connectivity index (χ4v) is 3.35. The van der Waals surface area contributed by atoms with Gasteiger partial charge in [0, 0.05) is 12.6 Å². The molecule has 0 spiro atoms. The first-order valence-electron chi connectivity index (χ1n) is 7.57. The summed E-state index contributed by atoms with van der Waals surface area (Å²) < 4.78 is 5.29. The zero-order valence-corrected chi connectivity index (χ0v) is 12.4. The molecule has 1 aliphatic heterocycles. The second kappa shape index (κ2) is 5.90. The number of ether oxygens (including phenoxy) is 1. The summed E-state index contributed by atoms with van der Waals surface area (Å²) in [7, 11) is 1.67. The smallest absolute Gasteiger partial charge is 0.230 e. The Hall–Kier alpha value is -1.81. The molecule has 112 valence electrons. The van der Waals surface area contributed by atoms with Crippen LogP contribution in [0.3, 0.4) is 0 Å². The van der Waals surface area contributed by atoms with Crippen LogP contribution >= 0.6 is 0 Å². The molecular formula is C17H22N2O2. The molecular weight excluding hydrogens is 264 g/mol. The van der Waals surface area contributed by atoms with Crippen LogP contribution in [0.25, 0.3) is 0 Å². The highest BCUT2D eigenvalue weighted by Gasteiger charge is 2.34. The van der Waals surface area contributed by atoms with Gasteiger partial charge in [0.2, 0.25) is 5.91 Å². The Kier molecular flexibility index (Phi) is 3.97. The van der Waals surface area contributed by atoms with Crippen LogP contribution in [-0.4, -0.2) is 30.5 Å². The number of nitrogens with two attached hydrogens (primary N) is 1. The summed E-state index contributed by atoms with van der Waals surface area (Å²) in [5, 5.41) is 0. The molecule has 0 radical (unpaired) electrons. The number of hydrogen-bond donors (Lipinski definition) is 1. The molecule has 3 unspecified atom stereocenters. The number of benzene rings is 1. The van der Waals surface area contributed by atoms with Gasteiger partial charge >= 0.3 is 0 Å². The summed E-state index contributed by atoms with van der Waals surface area (Å²) in [5.41, 5.74) is 7.03. The molecule has 1 aromatic carbocycles. The molecule has 1 saturated heterocycles. The Morgan fingerprint density at radius 1 is 1.38 bits per heavy atom. The van der Waals surface area contributed by atoms with Crippen LogP contribution in [0.1, 0.15) is 30.9 Å². The summed E-state index contributed by atoms with van der Waals surface area (Å²) in [4.78, 5) is 14.7. The van der Waals surface area contributed by atoms with Crippen molar-refractivity contribution in [2.75, 3.05) is 13.7 Å². The average Bonchev–Trinajstić information content (AvgIpc) is 3.15. The minimum absolute atomic E-state index is 0.0248. The lowest BCUT2D eigenvalue weighted by Gasteiger charge is -2.27. The van der Waals surface area contributed by atoms with E-state index in [1.165, 1.54) is 0 Å². The second-order valence-electron chi connectivity index (χ2n) is 5.86. The predicted octanol–water partition coefficient (Wildman–Crippen LogP) is 2.26. The van der Waals surface area contributed by atoms with E-state index in [2.05, 4.69) is 6.07 Å². The van der Waals surface area contributed by atoms with Crippen molar-refractivity contribution in [1.82, 2.24) is 4.90 Å². The van der Waals surface area contributed by atoms with Gasteiger partial charge in [-0.2, -0.15) is 0 Å². The van der Waals surface area contributed by atoms with Crippen molar-refractivity contribution >= 4 is 5.91 Å². The van der Waals surface area contributed by atoms with E-state index in [0.29, 0.717) is 0 Å². The molecule has 1 amide bonds. The Bertz CT molecular complexity index is 555. The highest BCUT2D eigenvalue weighted by Crippen LogP contribution is 2.35. The Labute approximate surface area is 125 Å². The van der Waals surface area contributed by atoms with Gasteiger partial charge in [-0.25, -0.2) is 0 Å². The van der Waals surface area contributed by atoms with Gasteiger partial charge in [-0.1, -0.05) is 24.3 Å². The highest BCUT2D eigenvalue weighted by atomic mass is 16.5. The van der Waals surface area contributed by atoms with Crippen molar-refractivity contribution in [2.45, 2.75) is 31.3 Å². The number of hydrogen-bond acceptors (Lipinski definition) is 3. The lowest BCUT2D eigenvalue weighted by molar-refractivity contribution is -0.135. The van der Waals surface area contributed by atoms with Gasteiger partial charge in [0.15, 0.2) is 0 Å². The Balaban J connectivity index is 1.78. The summed E-state index contributed by atoms with van der Waals surface area (Å²) in [6.07, 6.45) is 6.71. The van der Waals surface area contributed by atoms with Crippen LogP contribution in [0.2, 0.25) is 0 Å². The van der Waals surface area contributed by atoms with Crippen molar-refractivity contribution in [1.29, 1.82) is 0 Å². The monoisotopic (exact) mass is 286 g/mol. The topological polar surface area (TPSA) is 55.6 Å². The summed E-state index contributed by atoms with van der Waals surface area (Å²) >= 11 is 0. The van der Waals surface area contributed by atoms with E-state index in [9.17, 15) is 4.79 Å². The van der Waals surface area contributed by atoms with Crippen molar-refractivity contribution in [2.24, 2.45) is 11.7 Å². The minimum atomic E-state index is -0.0498. The average molecular weight is 286 g/mol. The largest absolute Gasteiger partial charge is 0.497 e. The lowest BCUT2D eigenvalue weighted by atomic mass is 10.0. The normalized spacial score (nSPS) is 28.1.